The Morgan fingerprint density at radius 3 is 2.20 bits per heavy atom. The molecule has 0 unspecified atom stereocenters. The normalized spacial score (nSPS) is 11.4. The maximum Gasteiger partial charge on any atom is 0.416 e. The Kier molecular flexibility index (Phi) is 7.05. The van der Waals surface area contributed by atoms with Crippen LogP contribution in [0.3, 0.4) is 0 Å². The van der Waals surface area contributed by atoms with Crippen molar-refractivity contribution in [1.29, 1.82) is 0 Å². The molecule has 0 spiro atoms. The van der Waals surface area contributed by atoms with Crippen molar-refractivity contribution in [1.82, 2.24) is 0 Å². The van der Waals surface area contributed by atoms with Gasteiger partial charge < -0.3 is 4.74 Å². The standard InChI is InChI=1S/C14H16BrF3O2/c15-10-4-2-1-3-5-13(19)20-12-8-6-11(7-9-12)14(16,17)18/h6-9H,1-5,10H2. The number of alkyl halides is 4. The molecule has 0 saturated carbocycles. The van der Waals surface area contributed by atoms with Crippen molar-refractivity contribution in [2.75, 3.05) is 5.33 Å². The molecule has 0 bridgehead atoms. The van der Waals surface area contributed by atoms with Crippen LogP contribution in [-0.2, 0) is 11.0 Å². The van der Waals surface area contributed by atoms with Gasteiger partial charge in [-0.05, 0) is 37.1 Å². The second kappa shape index (κ2) is 8.29. The smallest absolute Gasteiger partial charge is 0.416 e. The van der Waals surface area contributed by atoms with Crippen LogP contribution in [0.4, 0.5) is 13.2 Å². The summed E-state index contributed by atoms with van der Waals surface area (Å²) in [5.74, 6) is -0.271. The lowest BCUT2D eigenvalue weighted by Gasteiger charge is -2.08. The Hall–Kier alpha value is -1.04. The number of hydrogen-bond acceptors (Lipinski definition) is 2. The molecule has 20 heavy (non-hydrogen) atoms. The maximum atomic E-state index is 12.3. The van der Waals surface area contributed by atoms with Crippen molar-refractivity contribution < 1.29 is 22.7 Å². The van der Waals surface area contributed by atoms with Gasteiger partial charge in [-0.25, -0.2) is 0 Å². The molecule has 1 aromatic carbocycles. The lowest BCUT2D eigenvalue weighted by atomic mass is 10.1. The van der Waals surface area contributed by atoms with E-state index in [2.05, 4.69) is 15.9 Å². The van der Waals surface area contributed by atoms with Gasteiger partial charge >= 0.3 is 12.1 Å². The molecule has 0 aliphatic carbocycles. The number of halogens is 4. The largest absolute Gasteiger partial charge is 0.427 e. The van der Waals surface area contributed by atoms with Gasteiger partial charge in [0, 0.05) is 11.8 Å². The van der Waals surface area contributed by atoms with E-state index in [9.17, 15) is 18.0 Å². The first-order chi connectivity index (χ1) is 9.43. The minimum atomic E-state index is -4.38. The highest BCUT2D eigenvalue weighted by Crippen LogP contribution is 2.30. The number of unbranched alkanes of at least 4 members (excludes halogenated alkanes) is 3. The molecule has 0 aliphatic heterocycles. The maximum absolute atomic E-state index is 12.3. The summed E-state index contributed by atoms with van der Waals surface area (Å²) in [5, 5.41) is 0.947. The molecular weight excluding hydrogens is 337 g/mol. The van der Waals surface area contributed by atoms with Crippen LogP contribution in [0.5, 0.6) is 5.75 Å². The van der Waals surface area contributed by atoms with Gasteiger partial charge in [-0.3, -0.25) is 4.79 Å². The number of carbonyl (C=O) groups excluding carboxylic acids is 1. The van der Waals surface area contributed by atoms with Crippen LogP contribution in [0.15, 0.2) is 24.3 Å². The molecule has 1 aromatic rings. The van der Waals surface area contributed by atoms with Gasteiger partial charge in [0.2, 0.25) is 0 Å². The van der Waals surface area contributed by atoms with Crippen molar-refractivity contribution in [3.63, 3.8) is 0 Å². The summed E-state index contributed by atoms with van der Waals surface area (Å²) in [4.78, 5) is 11.5. The molecule has 0 N–H and O–H groups in total. The minimum absolute atomic E-state index is 0.142. The average Bonchev–Trinajstić information content (AvgIpc) is 2.38. The average molecular weight is 353 g/mol. The highest BCUT2D eigenvalue weighted by molar-refractivity contribution is 9.09. The third-order valence-corrected chi connectivity index (χ3v) is 3.24. The van der Waals surface area contributed by atoms with Crippen molar-refractivity contribution in [3.05, 3.63) is 29.8 Å². The summed E-state index contributed by atoms with van der Waals surface area (Å²) >= 11 is 3.32. The molecule has 0 radical (unpaired) electrons. The molecule has 0 aromatic heterocycles. The molecule has 0 amide bonds. The number of carbonyl (C=O) groups is 1. The number of rotatable bonds is 7. The number of benzene rings is 1. The molecule has 1 rings (SSSR count). The summed E-state index contributed by atoms with van der Waals surface area (Å²) in [6, 6.07) is 4.12. The molecular formula is C14H16BrF3O2. The first-order valence-electron chi connectivity index (χ1n) is 6.37. The van der Waals surface area contributed by atoms with E-state index < -0.39 is 17.7 Å². The summed E-state index contributed by atoms with van der Waals surface area (Å²) in [6.07, 6.45) is -0.325. The summed E-state index contributed by atoms with van der Waals surface area (Å²) < 4.78 is 42.0. The lowest BCUT2D eigenvalue weighted by molar-refractivity contribution is -0.137. The molecule has 112 valence electrons. The first kappa shape index (κ1) is 17.0. The number of esters is 1. The van der Waals surface area contributed by atoms with Gasteiger partial charge in [0.15, 0.2) is 0 Å². The lowest BCUT2D eigenvalue weighted by Crippen LogP contribution is -2.08. The van der Waals surface area contributed by atoms with Crippen LogP contribution < -0.4 is 4.74 Å². The summed E-state index contributed by atoms with van der Waals surface area (Å²) in [6.45, 7) is 0. The van der Waals surface area contributed by atoms with E-state index in [-0.39, 0.29) is 12.2 Å². The minimum Gasteiger partial charge on any atom is -0.427 e. The van der Waals surface area contributed by atoms with E-state index in [0.717, 1.165) is 55.3 Å². The third-order valence-electron chi connectivity index (χ3n) is 2.68. The Morgan fingerprint density at radius 1 is 1.05 bits per heavy atom. The van der Waals surface area contributed by atoms with Gasteiger partial charge in [-0.1, -0.05) is 28.8 Å². The summed E-state index contributed by atoms with van der Waals surface area (Å²) in [7, 11) is 0. The van der Waals surface area contributed by atoms with Crippen LogP contribution in [0.25, 0.3) is 0 Å². The van der Waals surface area contributed by atoms with Crippen LogP contribution in [0.2, 0.25) is 0 Å². The molecule has 6 heteroatoms. The zero-order valence-electron chi connectivity index (χ0n) is 10.9. The molecule has 0 heterocycles. The van der Waals surface area contributed by atoms with Crippen molar-refractivity contribution in [2.24, 2.45) is 0 Å². The molecule has 2 nitrogen and oxygen atoms in total. The second-order valence-corrected chi connectivity index (χ2v) is 5.14. The van der Waals surface area contributed by atoms with Crippen LogP contribution in [0.1, 0.15) is 37.7 Å². The van der Waals surface area contributed by atoms with Crippen molar-refractivity contribution >= 4 is 21.9 Å². The first-order valence-corrected chi connectivity index (χ1v) is 7.49. The van der Waals surface area contributed by atoms with E-state index in [1.165, 1.54) is 0 Å². The van der Waals surface area contributed by atoms with Gasteiger partial charge in [0.25, 0.3) is 0 Å². The van der Waals surface area contributed by atoms with E-state index in [4.69, 9.17) is 4.74 Å². The fourth-order valence-corrected chi connectivity index (χ4v) is 2.01. The Labute approximate surface area is 124 Å². The zero-order chi connectivity index (χ0) is 15.0. The van der Waals surface area contributed by atoms with Gasteiger partial charge in [-0.2, -0.15) is 13.2 Å². The van der Waals surface area contributed by atoms with Gasteiger partial charge in [-0.15, -0.1) is 0 Å². The predicted octanol–water partition coefficient (Wildman–Crippen LogP) is 4.96. The highest BCUT2D eigenvalue weighted by Gasteiger charge is 2.30. The second-order valence-electron chi connectivity index (χ2n) is 4.35. The Balaban J connectivity index is 2.35. The molecule has 0 saturated heterocycles. The van der Waals surface area contributed by atoms with Crippen molar-refractivity contribution in [3.8, 4) is 5.75 Å². The van der Waals surface area contributed by atoms with Crippen molar-refractivity contribution in [2.45, 2.75) is 38.3 Å². The van der Waals surface area contributed by atoms with Crippen LogP contribution >= 0.6 is 15.9 Å². The zero-order valence-corrected chi connectivity index (χ0v) is 12.5. The Bertz CT molecular complexity index is 415. The third kappa shape index (κ3) is 6.41. The van der Waals surface area contributed by atoms with Crippen LogP contribution in [0, 0.1) is 0 Å². The fraction of sp³-hybridized carbons (Fsp3) is 0.500. The molecule has 0 aliphatic rings. The Morgan fingerprint density at radius 2 is 1.65 bits per heavy atom. The van der Waals surface area contributed by atoms with Gasteiger partial charge in [0.1, 0.15) is 5.75 Å². The van der Waals surface area contributed by atoms with E-state index >= 15 is 0 Å². The fourth-order valence-electron chi connectivity index (χ4n) is 1.61. The summed E-state index contributed by atoms with van der Waals surface area (Å²) in [5.41, 5.74) is -0.757. The topological polar surface area (TPSA) is 26.3 Å². The molecule has 0 fully saturated rings. The number of hydrogen-bond donors (Lipinski definition) is 0. The van der Waals surface area contributed by atoms with Crippen LogP contribution in [-0.4, -0.2) is 11.3 Å². The predicted molar refractivity (Wildman–Crippen MR) is 74.0 cm³/mol. The van der Waals surface area contributed by atoms with E-state index in [1.807, 2.05) is 0 Å². The van der Waals surface area contributed by atoms with Gasteiger partial charge in [0.05, 0.1) is 5.56 Å². The molecule has 0 atom stereocenters. The quantitative estimate of drug-likeness (QED) is 0.300. The monoisotopic (exact) mass is 352 g/mol. The van der Waals surface area contributed by atoms with E-state index in [0.29, 0.717) is 0 Å². The highest BCUT2D eigenvalue weighted by atomic mass is 79.9. The SMILES string of the molecule is O=C(CCCCCCBr)Oc1ccc(C(F)(F)F)cc1. The number of ether oxygens (including phenoxy) is 1. The van der Waals surface area contributed by atoms with E-state index in [1.54, 1.807) is 0 Å².